The number of carbonyl (C=O) groups is 4. The Hall–Kier alpha value is -4.51. The smallest absolute Gasteiger partial charge is 0.335 e. The van der Waals surface area contributed by atoms with Crippen LogP contribution in [0.1, 0.15) is 12.5 Å². The topological polar surface area (TPSA) is 114 Å². The second kappa shape index (κ2) is 11.7. The van der Waals surface area contributed by atoms with Crippen LogP contribution in [-0.4, -0.2) is 37.0 Å². The van der Waals surface area contributed by atoms with Crippen molar-refractivity contribution in [3.05, 3.63) is 88.2 Å². The molecule has 0 aromatic heterocycles. The summed E-state index contributed by atoms with van der Waals surface area (Å²) in [5.74, 6) is -2.20. The summed E-state index contributed by atoms with van der Waals surface area (Å²) in [4.78, 5) is 51.5. The van der Waals surface area contributed by atoms with Gasteiger partial charge in [0.15, 0.2) is 6.61 Å². The molecule has 1 aliphatic heterocycles. The van der Waals surface area contributed by atoms with Crippen LogP contribution >= 0.6 is 15.9 Å². The fraction of sp³-hybridized carbons (Fsp3) is 0.111. The molecule has 2 N–H and O–H groups in total. The predicted octanol–water partition coefficient (Wildman–Crippen LogP) is 4.67. The van der Waals surface area contributed by atoms with E-state index < -0.39 is 36.2 Å². The monoisotopic (exact) mass is 581 g/mol. The number of imide groups is 2. The summed E-state index contributed by atoms with van der Waals surface area (Å²) < 4.78 is 25.4. The number of barbiturate groups is 1. The van der Waals surface area contributed by atoms with Crippen LogP contribution < -0.4 is 25.0 Å². The fourth-order valence-electron chi connectivity index (χ4n) is 3.56. The van der Waals surface area contributed by atoms with Crippen LogP contribution in [0.3, 0.4) is 0 Å². The number of anilines is 2. The third-order valence-electron chi connectivity index (χ3n) is 5.29. The first kappa shape index (κ1) is 26.6. The average Bonchev–Trinajstić information content (AvgIpc) is 2.88. The number of urea groups is 1. The van der Waals surface area contributed by atoms with Crippen LogP contribution in [0, 0.1) is 5.82 Å². The lowest BCUT2D eigenvalue weighted by molar-refractivity contribution is -0.122. The van der Waals surface area contributed by atoms with E-state index in [9.17, 15) is 23.6 Å². The number of nitrogens with one attached hydrogen (secondary N) is 2. The fourth-order valence-corrected chi connectivity index (χ4v) is 3.94. The summed E-state index contributed by atoms with van der Waals surface area (Å²) in [5, 5.41) is 4.57. The van der Waals surface area contributed by atoms with Gasteiger partial charge in [0.25, 0.3) is 17.7 Å². The number of halogens is 2. The first-order chi connectivity index (χ1) is 18.3. The van der Waals surface area contributed by atoms with Gasteiger partial charge in [-0.1, -0.05) is 28.1 Å². The van der Waals surface area contributed by atoms with Gasteiger partial charge in [0.05, 0.1) is 18.0 Å². The van der Waals surface area contributed by atoms with Gasteiger partial charge in [0, 0.05) is 10.0 Å². The van der Waals surface area contributed by atoms with Gasteiger partial charge in [-0.15, -0.1) is 0 Å². The molecule has 3 aromatic rings. The molecule has 1 fully saturated rings. The Balaban J connectivity index is 1.57. The van der Waals surface area contributed by atoms with E-state index in [-0.39, 0.29) is 28.3 Å². The number of hydrogen-bond donors (Lipinski definition) is 2. The van der Waals surface area contributed by atoms with Gasteiger partial charge in [-0.25, -0.2) is 14.1 Å². The summed E-state index contributed by atoms with van der Waals surface area (Å²) in [7, 11) is 0. The van der Waals surface area contributed by atoms with Gasteiger partial charge in [0.1, 0.15) is 22.9 Å². The van der Waals surface area contributed by atoms with E-state index in [1.54, 1.807) is 30.3 Å². The van der Waals surface area contributed by atoms with Crippen molar-refractivity contribution < 1.29 is 33.0 Å². The predicted molar refractivity (Wildman–Crippen MR) is 141 cm³/mol. The van der Waals surface area contributed by atoms with Crippen molar-refractivity contribution in [3.63, 3.8) is 0 Å². The Bertz CT molecular complexity index is 1440. The number of rotatable bonds is 8. The molecule has 0 unspecified atom stereocenters. The molecule has 0 saturated carbocycles. The van der Waals surface area contributed by atoms with Crippen LogP contribution in [0.15, 0.2) is 76.8 Å². The zero-order valence-corrected chi connectivity index (χ0v) is 21.6. The summed E-state index contributed by atoms with van der Waals surface area (Å²) >= 11 is 3.33. The number of carbonyl (C=O) groups excluding carboxylic acids is 4. The number of hydrogen-bond acceptors (Lipinski definition) is 6. The van der Waals surface area contributed by atoms with Crippen molar-refractivity contribution in [2.75, 3.05) is 23.4 Å². The van der Waals surface area contributed by atoms with Crippen LogP contribution in [-0.2, 0) is 14.4 Å². The molecule has 0 bridgehead atoms. The minimum Gasteiger partial charge on any atom is -0.494 e. The SMILES string of the molecule is CCOc1ccc(N2C(=O)NC(=O)/C(=C\c3cc(Br)ccc3OCC(=O)Nc3ccccc3F)C2=O)cc1. The van der Waals surface area contributed by atoms with Crippen LogP contribution in [0.4, 0.5) is 20.6 Å². The van der Waals surface area contributed by atoms with E-state index in [4.69, 9.17) is 9.47 Å². The lowest BCUT2D eigenvalue weighted by Crippen LogP contribution is -2.54. The Labute approximate surface area is 225 Å². The summed E-state index contributed by atoms with van der Waals surface area (Å²) in [6.07, 6.45) is 1.26. The van der Waals surface area contributed by atoms with Crippen molar-refractivity contribution in [2.45, 2.75) is 6.92 Å². The quantitative estimate of drug-likeness (QED) is 0.295. The van der Waals surface area contributed by atoms with Crippen molar-refractivity contribution in [3.8, 4) is 11.5 Å². The zero-order chi connectivity index (χ0) is 27.2. The molecule has 0 atom stereocenters. The highest BCUT2D eigenvalue weighted by molar-refractivity contribution is 9.10. The summed E-state index contributed by atoms with van der Waals surface area (Å²) in [6, 6.07) is 15.8. The highest BCUT2D eigenvalue weighted by Gasteiger charge is 2.37. The molecule has 1 saturated heterocycles. The summed E-state index contributed by atoms with van der Waals surface area (Å²) in [6.45, 7) is 1.81. The second-order valence-corrected chi connectivity index (χ2v) is 8.80. The third kappa shape index (κ3) is 6.06. The first-order valence-electron chi connectivity index (χ1n) is 11.4. The lowest BCUT2D eigenvalue weighted by atomic mass is 10.1. The summed E-state index contributed by atoms with van der Waals surface area (Å²) in [5.41, 5.74) is 0.211. The van der Waals surface area contributed by atoms with Crippen LogP contribution in [0.25, 0.3) is 6.08 Å². The third-order valence-corrected chi connectivity index (χ3v) is 5.78. The highest BCUT2D eigenvalue weighted by Crippen LogP contribution is 2.29. The van der Waals surface area contributed by atoms with Crippen molar-refractivity contribution >= 4 is 57.1 Å². The molecule has 0 spiro atoms. The number of nitrogens with zero attached hydrogens (tertiary/aromatic N) is 1. The maximum absolute atomic E-state index is 13.8. The van der Waals surface area contributed by atoms with Gasteiger partial charge in [-0.05, 0) is 67.6 Å². The minimum atomic E-state index is -0.892. The second-order valence-electron chi connectivity index (χ2n) is 7.88. The van der Waals surface area contributed by atoms with Crippen molar-refractivity contribution in [2.24, 2.45) is 0 Å². The maximum Gasteiger partial charge on any atom is 0.335 e. The average molecular weight is 582 g/mol. The Morgan fingerprint density at radius 1 is 1.05 bits per heavy atom. The van der Waals surface area contributed by atoms with Gasteiger partial charge < -0.3 is 14.8 Å². The molecule has 3 aromatic carbocycles. The van der Waals surface area contributed by atoms with E-state index >= 15 is 0 Å². The molecular formula is C27H21BrFN3O6. The normalized spacial score (nSPS) is 14.3. The van der Waals surface area contributed by atoms with Gasteiger partial charge in [0.2, 0.25) is 0 Å². The standard InChI is InChI=1S/C27H21BrFN3O6/c1-2-37-19-10-8-18(9-11-19)32-26(35)20(25(34)31-27(32)36)14-16-13-17(28)7-12-23(16)38-15-24(33)30-22-6-4-3-5-21(22)29/h3-14H,2,15H2,1H3,(H,30,33)(H,31,34,36)/b20-14+. The van der Waals surface area contributed by atoms with E-state index in [0.717, 1.165) is 4.90 Å². The first-order valence-corrected chi connectivity index (χ1v) is 12.2. The number of para-hydroxylation sites is 1. The Morgan fingerprint density at radius 2 is 1.79 bits per heavy atom. The van der Waals surface area contributed by atoms with Gasteiger partial charge >= 0.3 is 6.03 Å². The molecule has 194 valence electrons. The Kier molecular flexibility index (Phi) is 8.17. The minimum absolute atomic E-state index is 0.00256. The highest BCUT2D eigenvalue weighted by atomic mass is 79.9. The van der Waals surface area contributed by atoms with Crippen LogP contribution in [0.2, 0.25) is 0 Å². The van der Waals surface area contributed by atoms with E-state index in [2.05, 4.69) is 26.6 Å². The molecule has 9 nitrogen and oxygen atoms in total. The maximum atomic E-state index is 13.8. The zero-order valence-electron chi connectivity index (χ0n) is 20.0. The number of benzene rings is 3. The van der Waals surface area contributed by atoms with E-state index in [0.29, 0.717) is 16.8 Å². The van der Waals surface area contributed by atoms with Crippen molar-refractivity contribution in [1.82, 2.24) is 5.32 Å². The number of amides is 5. The molecule has 38 heavy (non-hydrogen) atoms. The van der Waals surface area contributed by atoms with Gasteiger partial charge in [-0.3, -0.25) is 19.7 Å². The molecule has 1 aliphatic rings. The number of ether oxygens (including phenoxy) is 2. The lowest BCUT2D eigenvalue weighted by Gasteiger charge is -2.26. The molecule has 4 rings (SSSR count). The molecule has 1 heterocycles. The van der Waals surface area contributed by atoms with Gasteiger partial charge in [-0.2, -0.15) is 0 Å². The molecule has 0 aliphatic carbocycles. The molecule has 11 heteroatoms. The van der Waals surface area contributed by atoms with E-state index in [1.807, 2.05) is 6.92 Å². The molecule has 0 radical (unpaired) electrons. The van der Waals surface area contributed by atoms with Crippen LogP contribution in [0.5, 0.6) is 11.5 Å². The Morgan fingerprint density at radius 3 is 2.50 bits per heavy atom. The van der Waals surface area contributed by atoms with Crippen molar-refractivity contribution in [1.29, 1.82) is 0 Å². The molecule has 5 amide bonds. The van der Waals surface area contributed by atoms with E-state index in [1.165, 1.54) is 42.5 Å². The molecular weight excluding hydrogens is 561 g/mol. The largest absolute Gasteiger partial charge is 0.494 e.